The van der Waals surface area contributed by atoms with E-state index in [-0.39, 0.29) is 17.9 Å². The van der Waals surface area contributed by atoms with Crippen molar-refractivity contribution < 1.29 is 27.8 Å². The minimum absolute atomic E-state index is 0.109. The third-order valence-corrected chi connectivity index (χ3v) is 4.70. The molecular weight excluding hydrogens is 451 g/mol. The predicted molar refractivity (Wildman–Crippen MR) is 118 cm³/mol. The number of hydrogen-bond acceptors (Lipinski definition) is 7. The molecule has 0 atom stereocenters. The van der Waals surface area contributed by atoms with Crippen molar-refractivity contribution in [3.8, 4) is 22.9 Å². The molecule has 0 bridgehead atoms. The number of likely N-dealkylation sites (N-methyl/N-ethyl adjacent to an activating group) is 1. The van der Waals surface area contributed by atoms with E-state index < -0.39 is 18.0 Å². The van der Waals surface area contributed by atoms with Crippen LogP contribution in [0.5, 0.6) is 5.75 Å². The number of amides is 1. The van der Waals surface area contributed by atoms with E-state index in [4.69, 9.17) is 0 Å². The maximum Gasteiger partial charge on any atom is 0.573 e. The fourth-order valence-corrected chi connectivity index (χ4v) is 3.17. The Balaban J connectivity index is 1.92. The molecule has 8 nitrogen and oxygen atoms in total. The molecule has 0 aliphatic carbocycles. The summed E-state index contributed by atoms with van der Waals surface area (Å²) in [4.78, 5) is 23.1. The van der Waals surface area contributed by atoms with E-state index in [1.165, 1.54) is 30.7 Å². The molecule has 0 unspecified atom stereocenters. The van der Waals surface area contributed by atoms with Gasteiger partial charge in [-0.3, -0.25) is 9.78 Å². The Labute approximate surface area is 193 Å². The molecule has 0 aliphatic rings. The van der Waals surface area contributed by atoms with Crippen LogP contribution in [0.4, 0.5) is 24.7 Å². The lowest BCUT2D eigenvalue weighted by atomic mass is 10.0. The van der Waals surface area contributed by atoms with E-state index in [1.54, 1.807) is 12.1 Å². The Kier molecular flexibility index (Phi) is 7.65. The fraction of sp³-hybridized carbons (Fsp3) is 0.217. The molecule has 3 aromatic rings. The summed E-state index contributed by atoms with van der Waals surface area (Å²) in [5, 5.41) is 21.2. The molecule has 0 fully saturated rings. The largest absolute Gasteiger partial charge is 0.573 e. The Morgan fingerprint density at radius 3 is 2.56 bits per heavy atom. The summed E-state index contributed by atoms with van der Waals surface area (Å²) in [6, 6.07) is 9.94. The summed E-state index contributed by atoms with van der Waals surface area (Å²) in [7, 11) is 0. The van der Waals surface area contributed by atoms with E-state index in [0.717, 1.165) is 12.1 Å². The van der Waals surface area contributed by atoms with Gasteiger partial charge in [0.05, 0.1) is 17.7 Å². The molecule has 1 aromatic carbocycles. The van der Waals surface area contributed by atoms with Crippen LogP contribution < -0.4 is 15.0 Å². The molecule has 2 N–H and O–H groups in total. The fourth-order valence-electron chi connectivity index (χ4n) is 3.17. The normalized spacial score (nSPS) is 10.9. The molecule has 2 heterocycles. The molecule has 11 heteroatoms. The number of carbonyl (C=O) groups is 1. The number of aliphatic hydroxyl groups excluding tert-OH is 1. The summed E-state index contributed by atoms with van der Waals surface area (Å²) in [5.41, 5.74) is 1.85. The van der Waals surface area contributed by atoms with Crippen LogP contribution in [0.1, 0.15) is 22.8 Å². The summed E-state index contributed by atoms with van der Waals surface area (Å²) in [6.07, 6.45) is -0.509. The zero-order valence-electron chi connectivity index (χ0n) is 18.0. The molecule has 0 saturated heterocycles. The minimum atomic E-state index is -4.81. The monoisotopic (exact) mass is 471 g/mol. The zero-order chi connectivity index (χ0) is 24.7. The third kappa shape index (κ3) is 6.20. The van der Waals surface area contributed by atoms with Gasteiger partial charge in [-0.1, -0.05) is 0 Å². The number of benzene rings is 1. The number of anilines is 2. The number of carbonyl (C=O) groups excluding carboxylic acids is 1. The summed E-state index contributed by atoms with van der Waals surface area (Å²) < 4.78 is 40.8. The van der Waals surface area contributed by atoms with Gasteiger partial charge in [0, 0.05) is 48.5 Å². The van der Waals surface area contributed by atoms with Crippen molar-refractivity contribution >= 4 is 17.4 Å². The molecule has 3 rings (SSSR count). The number of ether oxygens (including phenoxy) is 1. The van der Waals surface area contributed by atoms with Crippen molar-refractivity contribution in [2.24, 2.45) is 0 Å². The van der Waals surface area contributed by atoms with Crippen LogP contribution in [-0.4, -0.2) is 47.0 Å². The highest BCUT2D eigenvalue weighted by atomic mass is 19.4. The van der Waals surface area contributed by atoms with E-state index >= 15 is 0 Å². The van der Waals surface area contributed by atoms with Crippen LogP contribution in [0.3, 0.4) is 0 Å². The third-order valence-electron chi connectivity index (χ3n) is 4.70. The average molecular weight is 471 g/mol. The molecule has 176 valence electrons. The first-order chi connectivity index (χ1) is 16.2. The van der Waals surface area contributed by atoms with E-state index in [1.807, 2.05) is 17.9 Å². The van der Waals surface area contributed by atoms with Crippen LogP contribution >= 0.6 is 0 Å². The van der Waals surface area contributed by atoms with Gasteiger partial charge in [0.15, 0.2) is 0 Å². The number of halogens is 3. The Bertz CT molecular complexity index is 1190. The van der Waals surface area contributed by atoms with Crippen LogP contribution in [0.15, 0.2) is 55.0 Å². The van der Waals surface area contributed by atoms with Gasteiger partial charge >= 0.3 is 6.36 Å². The highest BCUT2D eigenvalue weighted by molar-refractivity contribution is 6.05. The molecule has 0 spiro atoms. The lowest BCUT2D eigenvalue weighted by molar-refractivity contribution is -0.274. The van der Waals surface area contributed by atoms with Gasteiger partial charge in [0.1, 0.15) is 17.6 Å². The smallest absolute Gasteiger partial charge is 0.406 e. The van der Waals surface area contributed by atoms with E-state index in [0.29, 0.717) is 35.6 Å². The van der Waals surface area contributed by atoms with E-state index in [9.17, 15) is 28.3 Å². The lowest BCUT2D eigenvalue weighted by Gasteiger charge is -2.24. The SMILES string of the molecule is CCN(CCO)c1ncc(C(=O)Nc2ccc(OC(F)(F)F)cc2)cc1-c1cncc(C#N)c1. The van der Waals surface area contributed by atoms with Gasteiger partial charge < -0.3 is 20.1 Å². The second-order valence-corrected chi connectivity index (χ2v) is 7.00. The predicted octanol–water partition coefficient (Wildman–Crippen LogP) is 3.98. The Morgan fingerprint density at radius 2 is 1.94 bits per heavy atom. The molecule has 2 aromatic heterocycles. The first-order valence-electron chi connectivity index (χ1n) is 10.1. The molecule has 1 amide bonds. The van der Waals surface area contributed by atoms with Crippen molar-refractivity contribution in [1.82, 2.24) is 9.97 Å². The first kappa shape index (κ1) is 24.5. The molecular formula is C23H20F3N5O3. The number of aliphatic hydroxyl groups is 1. The number of alkyl halides is 3. The van der Waals surface area contributed by atoms with Crippen LogP contribution in [0.2, 0.25) is 0 Å². The second kappa shape index (κ2) is 10.6. The van der Waals surface area contributed by atoms with Crippen molar-refractivity contribution in [2.75, 3.05) is 29.9 Å². The van der Waals surface area contributed by atoms with Gasteiger partial charge in [0.2, 0.25) is 0 Å². The summed E-state index contributed by atoms with van der Waals surface area (Å²) in [6.45, 7) is 2.61. The second-order valence-electron chi connectivity index (χ2n) is 7.00. The summed E-state index contributed by atoms with van der Waals surface area (Å²) >= 11 is 0. The lowest BCUT2D eigenvalue weighted by Crippen LogP contribution is -2.28. The number of nitrogens with one attached hydrogen (secondary N) is 1. The zero-order valence-corrected chi connectivity index (χ0v) is 18.0. The van der Waals surface area contributed by atoms with Gasteiger partial charge in [-0.05, 0) is 43.3 Å². The van der Waals surface area contributed by atoms with Crippen LogP contribution in [-0.2, 0) is 0 Å². The number of nitriles is 1. The van der Waals surface area contributed by atoms with Gasteiger partial charge in [-0.2, -0.15) is 5.26 Å². The maximum atomic E-state index is 12.8. The Hall–Kier alpha value is -4.17. The average Bonchev–Trinajstić information content (AvgIpc) is 2.82. The highest BCUT2D eigenvalue weighted by Crippen LogP contribution is 2.30. The van der Waals surface area contributed by atoms with Gasteiger partial charge in [0.25, 0.3) is 5.91 Å². The number of pyridine rings is 2. The van der Waals surface area contributed by atoms with E-state index in [2.05, 4.69) is 20.0 Å². The van der Waals surface area contributed by atoms with Crippen molar-refractivity contribution in [3.63, 3.8) is 0 Å². The van der Waals surface area contributed by atoms with Gasteiger partial charge in [-0.25, -0.2) is 4.98 Å². The number of aromatic nitrogens is 2. The summed E-state index contributed by atoms with van der Waals surface area (Å²) in [5.74, 6) is -0.453. The number of rotatable bonds is 8. The molecule has 0 radical (unpaired) electrons. The van der Waals surface area contributed by atoms with Crippen LogP contribution in [0, 0.1) is 11.3 Å². The quantitative estimate of drug-likeness (QED) is 0.511. The Morgan fingerprint density at radius 1 is 1.21 bits per heavy atom. The maximum absolute atomic E-state index is 12.8. The molecule has 0 saturated carbocycles. The minimum Gasteiger partial charge on any atom is -0.406 e. The molecule has 0 aliphatic heterocycles. The topological polar surface area (TPSA) is 111 Å². The molecule has 34 heavy (non-hydrogen) atoms. The standard InChI is InChI=1S/C23H20F3N5O3/c1-2-31(7-8-32)21-20(16-9-15(11-27)12-28-13-16)10-17(14-29-21)22(33)30-18-3-5-19(6-4-18)34-23(24,25)26/h3-6,9-10,12-14,32H,2,7-8H2,1H3,(H,30,33). The van der Waals surface area contributed by atoms with Crippen molar-refractivity contribution in [3.05, 3.63) is 66.1 Å². The number of hydrogen-bond donors (Lipinski definition) is 2. The van der Waals surface area contributed by atoms with Crippen LogP contribution in [0.25, 0.3) is 11.1 Å². The van der Waals surface area contributed by atoms with Gasteiger partial charge in [-0.15, -0.1) is 13.2 Å². The highest BCUT2D eigenvalue weighted by Gasteiger charge is 2.31. The van der Waals surface area contributed by atoms with Crippen molar-refractivity contribution in [1.29, 1.82) is 5.26 Å². The number of nitrogens with zero attached hydrogens (tertiary/aromatic N) is 4. The van der Waals surface area contributed by atoms with Crippen molar-refractivity contribution in [2.45, 2.75) is 13.3 Å². The first-order valence-corrected chi connectivity index (χ1v) is 10.1.